The summed E-state index contributed by atoms with van der Waals surface area (Å²) in [6, 6.07) is 0. The highest BCUT2D eigenvalue weighted by Crippen LogP contribution is 2.35. The maximum absolute atomic E-state index is 8.98. The molecule has 1 saturated carbocycles. The minimum absolute atomic E-state index is 0.0312. The average molecular weight is 1280 g/mol. The molecule has 22 heteroatoms. The van der Waals surface area contributed by atoms with Crippen molar-refractivity contribution in [1.82, 2.24) is 0 Å². The van der Waals surface area contributed by atoms with Gasteiger partial charge in [0.05, 0.1) is 153 Å². The van der Waals surface area contributed by atoms with Gasteiger partial charge in [0.2, 0.25) is 0 Å². The Morgan fingerprint density at radius 2 is 0.652 bits per heavy atom. The molecule has 1 aliphatic carbocycles. The molecule has 22 nitrogen and oxygen atoms in total. The third-order valence-electron chi connectivity index (χ3n) is 9.53. The number of ether oxygens (including phenoxy) is 16. The molecule has 0 radical (unpaired) electrons. The molecule has 0 heterocycles. The van der Waals surface area contributed by atoms with Gasteiger partial charge in [0.1, 0.15) is 65.1 Å². The zero-order valence-electron chi connectivity index (χ0n) is 55.4. The summed E-state index contributed by atoms with van der Waals surface area (Å²) in [5.74, 6) is 0. The first-order chi connectivity index (χ1) is 42.9. The standard InChI is InChI=1S/C10H18O4.C10H18O3.C8H14O3.C8H16O2.C7H12O2.C6H10O2.C6H14O2.C4H10O2.2C4H6O/c1-3-11-5-7-13-9-10-14-8-6-12-4-2;1-5-11-7-9(3)13-8-10(4)12-6-2;1-3-9-5-7-11-8-6-10-4-2;9-6-8(7-10)4-2-1-3-5-8;1-4-8-6-7(3)9-5-2;1-3-7-5-6-8-4-2;1-2-3-4-5-6(7)8;1-2-3-4(5)6;2*1-3-5-4-2/h3-4H,1-2,5-10H2;5-6,9-10H,1-2,7-8H2,3-4H3;3-4H,1-2,5-8H2;9-10H,1-7H2;4-5,7H,1-2,6H2,3H3;3-4H,1-2,5-6H2;6-8H,2-5H2,1H3;4-6H,2-3H2,1H3;2*3-4H,1-2H2. The van der Waals surface area contributed by atoms with Crippen LogP contribution in [0.15, 0.2) is 180 Å². The van der Waals surface area contributed by atoms with Gasteiger partial charge in [-0.1, -0.05) is 144 Å². The molecule has 524 valence electrons. The SMILES string of the molecule is C=COC=C.C=COC=C.C=COCC(C)OC=C.C=COCC(C)OCC(C)OC=C.C=COCCOC=C.C=COCCOCCOC=C.C=COCCOCCOCCOC=C.CCCC(O)O.CCCCCC(O)O.OCC1(CO)CCCCC1. The van der Waals surface area contributed by atoms with Gasteiger partial charge < -0.3 is 106 Å². The molecule has 1 rings (SSSR count). The molecule has 1 aliphatic rings. The molecule has 0 aliphatic heterocycles. The van der Waals surface area contributed by atoms with Gasteiger partial charge >= 0.3 is 0 Å². The van der Waals surface area contributed by atoms with Crippen molar-refractivity contribution in [2.75, 3.05) is 112 Å². The van der Waals surface area contributed by atoms with Crippen LogP contribution in [0.4, 0.5) is 0 Å². The summed E-state index contributed by atoms with van der Waals surface area (Å²) in [6.07, 6.45) is 27.7. The van der Waals surface area contributed by atoms with Crippen LogP contribution in [0.25, 0.3) is 0 Å². The van der Waals surface area contributed by atoms with E-state index >= 15 is 0 Å². The normalized spacial score (nSPS) is 11.5. The van der Waals surface area contributed by atoms with E-state index in [1.807, 2.05) is 27.7 Å². The number of unbranched alkanes of at least 4 members (excludes halogenated alkanes) is 2. The van der Waals surface area contributed by atoms with Crippen molar-refractivity contribution in [3.8, 4) is 0 Å². The quantitative estimate of drug-likeness (QED) is 0.0188. The van der Waals surface area contributed by atoms with Gasteiger partial charge in [-0.3, -0.25) is 0 Å². The lowest BCUT2D eigenvalue weighted by Crippen LogP contribution is -2.31. The Morgan fingerprint density at radius 1 is 0.348 bits per heavy atom. The van der Waals surface area contributed by atoms with E-state index in [9.17, 15) is 0 Å². The molecule has 0 aromatic rings. The molecule has 0 bridgehead atoms. The van der Waals surface area contributed by atoms with E-state index in [4.69, 9.17) is 97.0 Å². The van der Waals surface area contributed by atoms with Crippen molar-refractivity contribution in [3.63, 3.8) is 0 Å². The Bertz CT molecular complexity index is 1400. The fraction of sp³-hybridized carbons (Fsp3) is 0.582. The van der Waals surface area contributed by atoms with Crippen molar-refractivity contribution in [3.05, 3.63) is 180 Å². The van der Waals surface area contributed by atoms with Gasteiger partial charge in [0.25, 0.3) is 0 Å². The number of aliphatic hydroxyl groups excluding tert-OH is 4. The largest absolute Gasteiger partial charge is 0.499 e. The second-order valence-corrected chi connectivity index (χ2v) is 17.0. The Labute approximate surface area is 538 Å². The van der Waals surface area contributed by atoms with Gasteiger partial charge in [0.15, 0.2) is 12.6 Å². The minimum Gasteiger partial charge on any atom is -0.499 e. The lowest BCUT2D eigenvalue weighted by atomic mass is 9.75. The molecule has 3 atom stereocenters. The first-order valence-electron chi connectivity index (χ1n) is 29.3. The summed E-state index contributed by atoms with van der Waals surface area (Å²) in [4.78, 5) is 0. The average Bonchev–Trinajstić information content (AvgIpc) is 3.70. The van der Waals surface area contributed by atoms with Crippen LogP contribution in [-0.2, 0) is 75.8 Å². The number of hydrogen-bond donors (Lipinski definition) is 6. The fourth-order valence-electron chi connectivity index (χ4n) is 5.25. The summed E-state index contributed by atoms with van der Waals surface area (Å²) in [7, 11) is 0. The summed E-state index contributed by atoms with van der Waals surface area (Å²) >= 11 is 0. The van der Waals surface area contributed by atoms with Gasteiger partial charge in [-0.25, -0.2) is 0 Å². The zero-order chi connectivity index (χ0) is 69.4. The maximum atomic E-state index is 8.98. The van der Waals surface area contributed by atoms with Crippen LogP contribution in [0.2, 0.25) is 0 Å². The first-order valence-corrected chi connectivity index (χ1v) is 29.3. The third kappa shape index (κ3) is 124. The second kappa shape index (κ2) is 101. The van der Waals surface area contributed by atoms with Gasteiger partial charge in [0, 0.05) is 5.41 Å². The smallest absolute Gasteiger partial charge is 0.151 e. The van der Waals surface area contributed by atoms with Crippen molar-refractivity contribution < 1.29 is 106 Å². The van der Waals surface area contributed by atoms with Crippen LogP contribution in [0.1, 0.15) is 105 Å². The summed E-state index contributed by atoms with van der Waals surface area (Å²) in [6.45, 7) is 65.2. The molecular formula is C67H124O22. The maximum Gasteiger partial charge on any atom is 0.151 e. The van der Waals surface area contributed by atoms with Crippen LogP contribution in [0, 0.1) is 5.41 Å². The molecule has 1 fully saturated rings. The molecular weight excluding hydrogens is 1160 g/mol. The monoisotopic (exact) mass is 1280 g/mol. The minimum atomic E-state index is -1.10. The van der Waals surface area contributed by atoms with Gasteiger partial charge in [-0.15, -0.1) is 0 Å². The van der Waals surface area contributed by atoms with Gasteiger partial charge in [-0.2, -0.15) is 0 Å². The van der Waals surface area contributed by atoms with Crippen LogP contribution in [-0.4, -0.2) is 174 Å². The molecule has 89 heavy (non-hydrogen) atoms. The Morgan fingerprint density at radius 3 is 0.888 bits per heavy atom. The first kappa shape index (κ1) is 101. The third-order valence-corrected chi connectivity index (χ3v) is 9.53. The van der Waals surface area contributed by atoms with E-state index in [1.54, 1.807) is 0 Å². The van der Waals surface area contributed by atoms with Gasteiger partial charge in [-0.05, 0) is 52.9 Å². The molecule has 0 spiro atoms. The summed E-state index contributed by atoms with van der Waals surface area (Å²) in [5.41, 5.74) is -0.127. The summed E-state index contributed by atoms with van der Waals surface area (Å²) in [5, 5.41) is 50.8. The molecule has 0 aromatic heterocycles. The van der Waals surface area contributed by atoms with E-state index in [1.165, 1.54) is 107 Å². The van der Waals surface area contributed by atoms with Crippen molar-refractivity contribution >= 4 is 0 Å². The lowest BCUT2D eigenvalue weighted by molar-refractivity contribution is -0.0468. The number of aliphatic hydroxyl groups is 6. The second-order valence-electron chi connectivity index (χ2n) is 17.0. The lowest BCUT2D eigenvalue weighted by Gasteiger charge is -2.33. The van der Waals surface area contributed by atoms with Crippen LogP contribution in [0.5, 0.6) is 0 Å². The van der Waals surface area contributed by atoms with E-state index in [0.29, 0.717) is 112 Å². The molecule has 3 unspecified atom stereocenters. The van der Waals surface area contributed by atoms with Crippen LogP contribution >= 0.6 is 0 Å². The molecule has 0 saturated heterocycles. The van der Waals surface area contributed by atoms with Crippen molar-refractivity contribution in [2.45, 2.75) is 136 Å². The number of rotatable bonds is 49. The van der Waals surface area contributed by atoms with E-state index in [-0.39, 0.29) is 36.9 Å². The Hall–Kier alpha value is -6.44. The van der Waals surface area contributed by atoms with E-state index in [0.717, 1.165) is 38.5 Å². The molecule has 6 N–H and O–H groups in total. The summed E-state index contributed by atoms with van der Waals surface area (Å²) < 4.78 is 78.2. The topological polar surface area (TPSA) is 269 Å². The Balaban J connectivity index is -0.000000116. The Kier molecular flexibility index (Phi) is 115. The fourth-order valence-corrected chi connectivity index (χ4v) is 5.25. The highest BCUT2D eigenvalue weighted by atomic mass is 16.6. The van der Waals surface area contributed by atoms with Crippen molar-refractivity contribution in [1.29, 1.82) is 0 Å². The van der Waals surface area contributed by atoms with E-state index < -0.39 is 12.6 Å². The molecule has 0 aromatic carbocycles. The van der Waals surface area contributed by atoms with Crippen LogP contribution in [0.3, 0.4) is 0 Å². The zero-order valence-corrected chi connectivity index (χ0v) is 55.4. The predicted octanol–water partition coefficient (Wildman–Crippen LogP) is 12.2. The highest BCUT2D eigenvalue weighted by molar-refractivity contribution is 4.81. The predicted molar refractivity (Wildman–Crippen MR) is 357 cm³/mol. The molecule has 0 amide bonds. The number of hydrogen-bond acceptors (Lipinski definition) is 22. The van der Waals surface area contributed by atoms with E-state index in [2.05, 4.69) is 109 Å². The van der Waals surface area contributed by atoms with Crippen LogP contribution < -0.4 is 0 Å². The highest BCUT2D eigenvalue weighted by Gasteiger charge is 2.30. The van der Waals surface area contributed by atoms with Crippen molar-refractivity contribution in [2.24, 2.45) is 5.41 Å².